The number of thioether (sulfide) groups is 1. The lowest BCUT2D eigenvalue weighted by Crippen LogP contribution is -2.15. The molecule has 1 N–H and O–H groups in total. The second-order valence-corrected chi connectivity index (χ2v) is 9.73. The van der Waals surface area contributed by atoms with E-state index in [0.29, 0.717) is 22.6 Å². The van der Waals surface area contributed by atoms with Gasteiger partial charge in [0.05, 0.1) is 11.7 Å². The van der Waals surface area contributed by atoms with E-state index in [1.165, 1.54) is 0 Å². The SMILES string of the molecule is Cc1cc(SCCC(C)Oc2cc3ccccc3cc2C(=O)c2ccccc2)ccc1OCC(=O)O. The first-order valence-electron chi connectivity index (χ1n) is 11.8. The van der Waals surface area contributed by atoms with Crippen molar-refractivity contribution in [3.05, 3.63) is 102 Å². The van der Waals surface area contributed by atoms with Crippen LogP contribution in [0.1, 0.15) is 34.8 Å². The molecule has 4 aromatic carbocycles. The van der Waals surface area contributed by atoms with E-state index >= 15 is 0 Å². The Balaban J connectivity index is 1.43. The van der Waals surface area contributed by atoms with Crippen molar-refractivity contribution < 1.29 is 24.2 Å². The van der Waals surface area contributed by atoms with Gasteiger partial charge in [-0.15, -0.1) is 11.8 Å². The summed E-state index contributed by atoms with van der Waals surface area (Å²) >= 11 is 1.70. The molecule has 0 saturated heterocycles. The summed E-state index contributed by atoms with van der Waals surface area (Å²) in [5.41, 5.74) is 2.09. The fraction of sp³-hybridized carbons (Fsp3) is 0.200. The molecule has 0 spiro atoms. The monoisotopic (exact) mass is 500 g/mol. The minimum Gasteiger partial charge on any atom is -0.490 e. The number of carbonyl (C=O) groups is 2. The summed E-state index contributed by atoms with van der Waals surface area (Å²) in [6, 6.07) is 26.8. The molecule has 0 bridgehead atoms. The highest BCUT2D eigenvalue weighted by Crippen LogP contribution is 2.31. The molecule has 0 heterocycles. The first kappa shape index (κ1) is 25.3. The molecule has 0 amide bonds. The van der Waals surface area contributed by atoms with Crippen molar-refractivity contribution >= 4 is 34.3 Å². The van der Waals surface area contributed by atoms with Gasteiger partial charge in [-0.2, -0.15) is 0 Å². The van der Waals surface area contributed by atoms with Crippen LogP contribution in [0.2, 0.25) is 0 Å². The van der Waals surface area contributed by atoms with Crippen molar-refractivity contribution in [3.63, 3.8) is 0 Å². The fourth-order valence-electron chi connectivity index (χ4n) is 3.87. The number of rotatable bonds is 11. The number of benzene rings is 4. The number of ether oxygens (including phenoxy) is 2. The number of carboxylic acid groups (broad SMARTS) is 1. The van der Waals surface area contributed by atoms with Gasteiger partial charge in [0.25, 0.3) is 0 Å². The van der Waals surface area contributed by atoms with Crippen LogP contribution in [0.4, 0.5) is 0 Å². The summed E-state index contributed by atoms with van der Waals surface area (Å²) in [5, 5.41) is 10.8. The van der Waals surface area contributed by atoms with Crippen molar-refractivity contribution in [2.75, 3.05) is 12.4 Å². The second kappa shape index (κ2) is 11.8. The van der Waals surface area contributed by atoms with E-state index in [4.69, 9.17) is 14.6 Å². The van der Waals surface area contributed by atoms with Gasteiger partial charge in [0.2, 0.25) is 0 Å². The van der Waals surface area contributed by atoms with Gasteiger partial charge in [0, 0.05) is 16.2 Å². The molecule has 0 aliphatic rings. The van der Waals surface area contributed by atoms with Gasteiger partial charge in [-0.1, -0.05) is 54.6 Å². The molecule has 0 fully saturated rings. The van der Waals surface area contributed by atoms with Crippen LogP contribution in [0.25, 0.3) is 10.8 Å². The Morgan fingerprint density at radius 2 is 1.58 bits per heavy atom. The van der Waals surface area contributed by atoms with E-state index < -0.39 is 5.97 Å². The number of ketones is 1. The Bertz CT molecular complexity index is 1370. The highest BCUT2D eigenvalue weighted by atomic mass is 32.2. The lowest BCUT2D eigenvalue weighted by Gasteiger charge is -2.18. The Hall–Kier alpha value is -3.77. The number of fused-ring (bicyclic) bond motifs is 1. The van der Waals surface area contributed by atoms with Gasteiger partial charge < -0.3 is 14.6 Å². The number of aryl methyl sites for hydroxylation is 1. The van der Waals surface area contributed by atoms with Crippen LogP contribution in [-0.2, 0) is 4.79 Å². The highest BCUT2D eigenvalue weighted by Gasteiger charge is 2.18. The average Bonchev–Trinajstić information content (AvgIpc) is 2.88. The molecule has 0 radical (unpaired) electrons. The van der Waals surface area contributed by atoms with E-state index in [1.54, 1.807) is 17.8 Å². The molecule has 1 atom stereocenters. The summed E-state index contributed by atoms with van der Waals surface area (Å²) in [7, 11) is 0. The van der Waals surface area contributed by atoms with Crippen molar-refractivity contribution in [2.24, 2.45) is 0 Å². The lowest BCUT2D eigenvalue weighted by atomic mass is 9.98. The van der Waals surface area contributed by atoms with Gasteiger partial charge in [0.1, 0.15) is 11.5 Å². The van der Waals surface area contributed by atoms with Crippen LogP contribution in [-0.4, -0.2) is 35.3 Å². The summed E-state index contributed by atoms with van der Waals surface area (Å²) in [6.45, 7) is 3.56. The third kappa shape index (κ3) is 6.46. The molecule has 4 rings (SSSR count). The predicted molar refractivity (Wildman–Crippen MR) is 144 cm³/mol. The smallest absolute Gasteiger partial charge is 0.341 e. The molecule has 1 unspecified atom stereocenters. The Kier molecular flexibility index (Phi) is 8.28. The van der Waals surface area contributed by atoms with E-state index in [-0.39, 0.29) is 18.5 Å². The maximum absolute atomic E-state index is 13.3. The van der Waals surface area contributed by atoms with Crippen molar-refractivity contribution in [3.8, 4) is 11.5 Å². The van der Waals surface area contributed by atoms with Crippen LogP contribution < -0.4 is 9.47 Å². The maximum Gasteiger partial charge on any atom is 0.341 e. The summed E-state index contributed by atoms with van der Waals surface area (Å²) in [4.78, 5) is 25.1. The zero-order chi connectivity index (χ0) is 25.5. The molecule has 0 aliphatic heterocycles. The Morgan fingerprint density at radius 3 is 2.28 bits per heavy atom. The molecule has 5 nitrogen and oxygen atoms in total. The van der Waals surface area contributed by atoms with E-state index in [1.807, 2.05) is 92.7 Å². The van der Waals surface area contributed by atoms with Gasteiger partial charge in [-0.3, -0.25) is 4.79 Å². The predicted octanol–water partition coefficient (Wildman–Crippen LogP) is 6.79. The summed E-state index contributed by atoms with van der Waals surface area (Å²) < 4.78 is 11.6. The molecule has 184 valence electrons. The van der Waals surface area contributed by atoms with Gasteiger partial charge in [0.15, 0.2) is 12.4 Å². The minimum atomic E-state index is -0.998. The number of hydrogen-bond acceptors (Lipinski definition) is 5. The standard InChI is InChI=1S/C30H28O5S/c1-20-16-25(12-13-27(20)34-19-29(31)32)36-15-14-21(2)35-28-18-24-11-7-6-10-23(24)17-26(28)30(33)22-8-4-3-5-9-22/h3-13,16-18,21H,14-15,19H2,1-2H3,(H,31,32). The normalized spacial score (nSPS) is 11.7. The fourth-order valence-corrected chi connectivity index (χ4v) is 4.98. The third-order valence-electron chi connectivity index (χ3n) is 5.75. The molecule has 0 aromatic heterocycles. The van der Waals surface area contributed by atoms with Crippen LogP contribution in [0.15, 0.2) is 89.8 Å². The van der Waals surface area contributed by atoms with Gasteiger partial charge in [-0.25, -0.2) is 4.79 Å². The zero-order valence-electron chi connectivity index (χ0n) is 20.3. The quantitative estimate of drug-likeness (QED) is 0.181. The molecule has 0 aliphatic carbocycles. The van der Waals surface area contributed by atoms with E-state index in [0.717, 1.165) is 33.4 Å². The highest BCUT2D eigenvalue weighted by molar-refractivity contribution is 7.99. The molecule has 0 saturated carbocycles. The van der Waals surface area contributed by atoms with Gasteiger partial charge >= 0.3 is 5.97 Å². The molecular formula is C30H28O5S. The van der Waals surface area contributed by atoms with Crippen LogP contribution in [0.3, 0.4) is 0 Å². The zero-order valence-corrected chi connectivity index (χ0v) is 21.1. The number of carbonyl (C=O) groups excluding carboxylic acids is 1. The maximum atomic E-state index is 13.3. The molecule has 6 heteroatoms. The number of hydrogen-bond donors (Lipinski definition) is 1. The average molecular weight is 501 g/mol. The summed E-state index contributed by atoms with van der Waals surface area (Å²) in [6.07, 6.45) is 0.688. The first-order valence-corrected chi connectivity index (χ1v) is 12.8. The molecule has 4 aromatic rings. The number of carboxylic acids is 1. The van der Waals surface area contributed by atoms with E-state index in [9.17, 15) is 9.59 Å². The van der Waals surface area contributed by atoms with Crippen molar-refractivity contribution in [1.29, 1.82) is 0 Å². The van der Waals surface area contributed by atoms with Crippen molar-refractivity contribution in [2.45, 2.75) is 31.3 Å². The summed E-state index contributed by atoms with van der Waals surface area (Å²) in [5.74, 6) is 0.938. The largest absolute Gasteiger partial charge is 0.490 e. The molecule has 36 heavy (non-hydrogen) atoms. The minimum absolute atomic E-state index is 0.0568. The van der Waals surface area contributed by atoms with Crippen LogP contribution >= 0.6 is 11.8 Å². The van der Waals surface area contributed by atoms with Crippen LogP contribution in [0.5, 0.6) is 11.5 Å². The van der Waals surface area contributed by atoms with Gasteiger partial charge in [-0.05, 0) is 66.9 Å². The number of aliphatic carboxylic acids is 1. The Morgan fingerprint density at radius 1 is 0.889 bits per heavy atom. The van der Waals surface area contributed by atoms with Crippen molar-refractivity contribution in [1.82, 2.24) is 0 Å². The lowest BCUT2D eigenvalue weighted by molar-refractivity contribution is -0.139. The topological polar surface area (TPSA) is 72.8 Å². The third-order valence-corrected chi connectivity index (χ3v) is 6.77. The first-order chi connectivity index (χ1) is 17.4. The van der Waals surface area contributed by atoms with Crippen LogP contribution in [0, 0.1) is 6.92 Å². The Labute approximate surface area is 215 Å². The molecular weight excluding hydrogens is 472 g/mol. The van der Waals surface area contributed by atoms with E-state index in [2.05, 4.69) is 0 Å². The second-order valence-electron chi connectivity index (χ2n) is 8.57.